The summed E-state index contributed by atoms with van der Waals surface area (Å²) in [4.78, 5) is 17.5. The third kappa shape index (κ3) is 4.32. The van der Waals surface area contributed by atoms with E-state index in [2.05, 4.69) is 9.71 Å². The number of pyridine rings is 1. The predicted molar refractivity (Wildman–Crippen MR) is 91.9 cm³/mol. The van der Waals surface area contributed by atoms with Gasteiger partial charge in [-0.1, -0.05) is 6.07 Å². The molecule has 0 aliphatic carbocycles. The van der Waals surface area contributed by atoms with E-state index < -0.39 is 5.51 Å². The van der Waals surface area contributed by atoms with Crippen LogP contribution in [-0.4, -0.2) is 23.4 Å². The molecule has 1 aromatic heterocycles. The highest BCUT2D eigenvalue weighted by molar-refractivity contribution is 7.98. The van der Waals surface area contributed by atoms with Crippen molar-refractivity contribution in [3.05, 3.63) is 47.8 Å². The summed E-state index contributed by atoms with van der Waals surface area (Å²) in [6.07, 6.45) is 4.38. The summed E-state index contributed by atoms with van der Waals surface area (Å²) in [6.45, 7) is 0.0627. The second-order valence-electron chi connectivity index (χ2n) is 5.75. The highest BCUT2D eigenvalue weighted by Gasteiger charge is 2.28. The van der Waals surface area contributed by atoms with Crippen LogP contribution in [0.2, 0.25) is 0 Å². The van der Waals surface area contributed by atoms with Crippen molar-refractivity contribution in [3.8, 4) is 11.1 Å². The lowest BCUT2D eigenvalue weighted by atomic mass is 9.96. The Kier molecular flexibility index (Phi) is 5.01. The number of nitrogens with one attached hydrogen (secondary N) is 1. The quantitative estimate of drug-likeness (QED) is 0.832. The number of anilines is 1. The van der Waals surface area contributed by atoms with Gasteiger partial charge in [0.05, 0.1) is 0 Å². The number of benzene rings is 1. The molecular weight excluding hydrogens is 351 g/mol. The van der Waals surface area contributed by atoms with Crippen molar-refractivity contribution < 1.29 is 18.0 Å². The van der Waals surface area contributed by atoms with Crippen molar-refractivity contribution in [1.82, 2.24) is 9.71 Å². The van der Waals surface area contributed by atoms with Gasteiger partial charge in [-0.25, -0.2) is 0 Å². The topological polar surface area (TPSA) is 45.2 Å². The van der Waals surface area contributed by atoms with Gasteiger partial charge in [-0.15, -0.1) is 0 Å². The highest BCUT2D eigenvalue weighted by atomic mass is 32.2. The van der Waals surface area contributed by atoms with Crippen molar-refractivity contribution in [1.29, 1.82) is 0 Å². The van der Waals surface area contributed by atoms with Crippen molar-refractivity contribution in [2.24, 2.45) is 0 Å². The maximum Gasteiger partial charge on any atom is 0.456 e. The summed E-state index contributed by atoms with van der Waals surface area (Å²) in [5.74, 6) is 0.0946. The lowest BCUT2D eigenvalue weighted by molar-refractivity contribution is -0.118. The van der Waals surface area contributed by atoms with Crippen LogP contribution in [0.15, 0.2) is 36.7 Å². The fraction of sp³-hybridized carbons (Fsp3) is 0.294. The Labute approximate surface area is 147 Å². The molecule has 0 saturated heterocycles. The number of hydrogen-bond donors (Lipinski definition) is 1. The summed E-state index contributed by atoms with van der Waals surface area (Å²) in [5, 5.41) is 0. The zero-order valence-electron chi connectivity index (χ0n) is 13.4. The van der Waals surface area contributed by atoms with E-state index in [1.807, 2.05) is 24.3 Å². The minimum absolute atomic E-state index is 0.0627. The molecule has 3 rings (SSSR count). The van der Waals surface area contributed by atoms with Crippen LogP contribution in [0.25, 0.3) is 11.1 Å². The first-order chi connectivity index (χ1) is 11.8. The Morgan fingerprint density at radius 2 is 2.00 bits per heavy atom. The SMILES string of the molecule is CN1C(=O)CCc2cc(-c3cncc(CNSC(F)(F)F)c3)ccc21. The molecule has 1 aromatic carbocycles. The first kappa shape index (κ1) is 17.8. The molecule has 1 amide bonds. The van der Waals surface area contributed by atoms with Crippen molar-refractivity contribution in [2.45, 2.75) is 24.9 Å². The molecule has 0 atom stereocenters. The van der Waals surface area contributed by atoms with Gasteiger partial charge in [-0.2, -0.15) is 13.2 Å². The zero-order valence-corrected chi connectivity index (χ0v) is 14.2. The van der Waals surface area contributed by atoms with E-state index in [4.69, 9.17) is 0 Å². The first-order valence-corrected chi connectivity index (χ1v) is 8.46. The van der Waals surface area contributed by atoms with Gasteiger partial charge in [-0.05, 0) is 41.3 Å². The average molecular weight is 367 g/mol. The molecule has 25 heavy (non-hydrogen) atoms. The number of halogens is 3. The molecule has 4 nitrogen and oxygen atoms in total. The lowest BCUT2D eigenvalue weighted by Crippen LogP contribution is -2.30. The van der Waals surface area contributed by atoms with E-state index in [0.717, 1.165) is 22.4 Å². The number of aryl methyl sites for hydroxylation is 1. The molecule has 0 spiro atoms. The Hall–Kier alpha value is -2.06. The summed E-state index contributed by atoms with van der Waals surface area (Å²) in [7, 11) is 1.76. The van der Waals surface area contributed by atoms with Gasteiger partial charge < -0.3 is 4.90 Å². The summed E-state index contributed by atoms with van der Waals surface area (Å²) in [6, 6.07) is 7.62. The number of rotatable bonds is 4. The molecule has 0 fully saturated rings. The summed E-state index contributed by atoms with van der Waals surface area (Å²) >= 11 is -0.266. The number of fused-ring (bicyclic) bond motifs is 1. The fourth-order valence-electron chi connectivity index (χ4n) is 2.78. The van der Waals surface area contributed by atoms with Gasteiger partial charge in [-0.3, -0.25) is 14.5 Å². The first-order valence-electron chi connectivity index (χ1n) is 7.65. The molecule has 0 saturated carbocycles. The van der Waals surface area contributed by atoms with Crippen LogP contribution in [0.5, 0.6) is 0 Å². The van der Waals surface area contributed by atoms with E-state index in [9.17, 15) is 18.0 Å². The number of amides is 1. The Balaban J connectivity index is 1.78. The minimum atomic E-state index is -4.31. The fourth-order valence-corrected chi connectivity index (χ4v) is 3.18. The molecule has 0 radical (unpaired) electrons. The van der Waals surface area contributed by atoms with Crippen LogP contribution in [0.3, 0.4) is 0 Å². The van der Waals surface area contributed by atoms with Crippen LogP contribution >= 0.6 is 11.9 Å². The maximum atomic E-state index is 12.2. The summed E-state index contributed by atoms with van der Waals surface area (Å²) in [5.41, 5.74) is 0.0906. The Morgan fingerprint density at radius 1 is 1.20 bits per heavy atom. The Bertz CT molecular complexity index is 795. The third-order valence-electron chi connectivity index (χ3n) is 4.02. The molecule has 1 aliphatic heterocycles. The van der Waals surface area contributed by atoms with Gasteiger partial charge >= 0.3 is 5.51 Å². The smallest absolute Gasteiger partial charge is 0.315 e. The maximum absolute atomic E-state index is 12.2. The van der Waals surface area contributed by atoms with E-state index in [1.165, 1.54) is 6.20 Å². The van der Waals surface area contributed by atoms with Crippen LogP contribution in [0.4, 0.5) is 18.9 Å². The molecule has 8 heteroatoms. The predicted octanol–water partition coefficient (Wildman–Crippen LogP) is 3.92. The standard InChI is InChI=1S/C17H16F3N3OS/c1-23-15-4-2-12(7-13(15)3-5-16(23)24)14-6-11(8-21-10-14)9-22-25-17(18,19)20/h2,4,6-8,10,22H,3,5,9H2,1H3. The highest BCUT2D eigenvalue weighted by Crippen LogP contribution is 2.31. The van der Waals surface area contributed by atoms with Crippen LogP contribution in [0, 0.1) is 0 Å². The number of hydrogen-bond acceptors (Lipinski definition) is 4. The van der Waals surface area contributed by atoms with Gasteiger partial charge in [0.1, 0.15) is 0 Å². The van der Waals surface area contributed by atoms with Gasteiger partial charge in [0.25, 0.3) is 0 Å². The van der Waals surface area contributed by atoms with E-state index in [0.29, 0.717) is 18.4 Å². The molecular formula is C17H16F3N3OS. The number of nitrogens with zero attached hydrogens (tertiary/aromatic N) is 2. The third-order valence-corrected chi connectivity index (χ3v) is 4.54. The molecule has 0 bridgehead atoms. The Morgan fingerprint density at radius 3 is 2.76 bits per heavy atom. The second kappa shape index (κ2) is 7.05. The lowest BCUT2D eigenvalue weighted by Gasteiger charge is -2.26. The van der Waals surface area contributed by atoms with Crippen LogP contribution < -0.4 is 9.62 Å². The van der Waals surface area contributed by atoms with Crippen LogP contribution in [-0.2, 0) is 17.8 Å². The van der Waals surface area contributed by atoms with Crippen molar-refractivity contribution in [2.75, 3.05) is 11.9 Å². The second-order valence-corrected chi connectivity index (χ2v) is 6.70. The normalized spacial score (nSPS) is 14.6. The van der Waals surface area contributed by atoms with Gasteiger partial charge in [0, 0.05) is 55.6 Å². The summed E-state index contributed by atoms with van der Waals surface area (Å²) < 4.78 is 38.8. The molecule has 0 unspecified atom stereocenters. The van der Waals surface area contributed by atoms with E-state index in [-0.39, 0.29) is 24.4 Å². The zero-order chi connectivity index (χ0) is 18.0. The number of aromatic nitrogens is 1. The number of carbonyl (C=O) groups excluding carboxylic acids is 1. The molecule has 2 aromatic rings. The van der Waals surface area contributed by atoms with E-state index in [1.54, 1.807) is 18.1 Å². The van der Waals surface area contributed by atoms with Crippen molar-refractivity contribution >= 4 is 23.5 Å². The molecule has 2 heterocycles. The average Bonchev–Trinajstić information content (AvgIpc) is 2.57. The van der Waals surface area contributed by atoms with Crippen molar-refractivity contribution in [3.63, 3.8) is 0 Å². The van der Waals surface area contributed by atoms with Crippen LogP contribution in [0.1, 0.15) is 17.5 Å². The molecule has 1 aliphatic rings. The van der Waals surface area contributed by atoms with E-state index >= 15 is 0 Å². The van der Waals surface area contributed by atoms with Gasteiger partial charge in [0.2, 0.25) is 5.91 Å². The number of carbonyl (C=O) groups is 1. The van der Waals surface area contributed by atoms with Gasteiger partial charge in [0.15, 0.2) is 0 Å². The monoisotopic (exact) mass is 367 g/mol. The number of alkyl halides is 3. The largest absolute Gasteiger partial charge is 0.456 e. The minimum Gasteiger partial charge on any atom is -0.315 e. The molecule has 1 N–H and O–H groups in total. The molecule has 132 valence electrons.